The minimum absolute atomic E-state index is 0.0000443. The van der Waals surface area contributed by atoms with Crippen LogP contribution in [-0.4, -0.2) is 38.8 Å². The molecule has 2 aromatic rings. The number of ether oxygens (including phenoxy) is 3. The van der Waals surface area contributed by atoms with Crippen LogP contribution in [0.25, 0.3) is 0 Å². The Kier molecular flexibility index (Phi) is 3.28. The van der Waals surface area contributed by atoms with Crippen LogP contribution in [0.3, 0.4) is 0 Å². The Morgan fingerprint density at radius 2 is 1.84 bits per heavy atom. The van der Waals surface area contributed by atoms with Crippen LogP contribution in [0.4, 0.5) is 0 Å². The number of aromatic hydroxyl groups is 3. The first kappa shape index (κ1) is 15.6. The van der Waals surface area contributed by atoms with E-state index in [4.69, 9.17) is 14.2 Å². The van der Waals surface area contributed by atoms with Crippen LogP contribution in [-0.2, 0) is 4.74 Å². The highest BCUT2D eigenvalue weighted by atomic mass is 16.9. The summed E-state index contributed by atoms with van der Waals surface area (Å²) in [5, 5.41) is 38.7. The van der Waals surface area contributed by atoms with Crippen LogP contribution < -0.4 is 9.47 Å². The van der Waals surface area contributed by atoms with Crippen LogP contribution in [0.5, 0.6) is 28.7 Å². The minimum Gasteiger partial charge on any atom is -0.507 e. The molecule has 1 saturated heterocycles. The highest BCUT2D eigenvalue weighted by Gasteiger charge is 2.47. The Hall–Kier alpha value is -2.97. The lowest BCUT2D eigenvalue weighted by Crippen LogP contribution is -2.22. The Morgan fingerprint density at radius 3 is 2.52 bits per heavy atom. The van der Waals surface area contributed by atoms with Gasteiger partial charge in [0.15, 0.2) is 17.3 Å². The molecule has 4 N–H and O–H groups in total. The topological polar surface area (TPSA) is 129 Å². The SMILES string of the molecule is O=C1C[C@@H](c2ccc(O)c(O)c2)Oc2cc(O[C@]3(O)CO3)cc(O)c21. The summed E-state index contributed by atoms with van der Waals surface area (Å²) in [6.07, 6.45) is -0.751. The van der Waals surface area contributed by atoms with Gasteiger partial charge >= 0.3 is 5.97 Å². The highest BCUT2D eigenvalue weighted by molar-refractivity contribution is 6.02. The average Bonchev–Trinajstić information content (AvgIpc) is 3.26. The lowest BCUT2D eigenvalue weighted by atomic mass is 9.95. The number of Topliss-reactive ketones (excluding diaryl/α,β-unsaturated/α-hetero) is 1. The zero-order valence-electron chi connectivity index (χ0n) is 12.8. The van der Waals surface area contributed by atoms with Gasteiger partial charge in [-0.25, -0.2) is 0 Å². The molecule has 2 heterocycles. The van der Waals surface area contributed by atoms with E-state index in [0.29, 0.717) is 5.56 Å². The van der Waals surface area contributed by atoms with Crippen molar-refractivity contribution < 1.29 is 39.4 Å². The maximum Gasteiger partial charge on any atom is 0.350 e. The van der Waals surface area contributed by atoms with E-state index in [9.17, 15) is 25.2 Å². The summed E-state index contributed by atoms with van der Waals surface area (Å²) >= 11 is 0. The van der Waals surface area contributed by atoms with Crippen LogP contribution in [0.1, 0.15) is 28.4 Å². The molecular formula is C17H14O8. The first-order valence-corrected chi connectivity index (χ1v) is 7.49. The number of carbonyl (C=O) groups excluding carboxylic acids is 1. The molecule has 0 unspecified atom stereocenters. The number of epoxide rings is 1. The van der Waals surface area contributed by atoms with Gasteiger partial charge in [-0.2, -0.15) is 0 Å². The fraction of sp³-hybridized carbons (Fsp3) is 0.235. The molecule has 4 rings (SSSR count). The maximum absolute atomic E-state index is 12.4. The number of aliphatic hydroxyl groups is 1. The van der Waals surface area contributed by atoms with Gasteiger partial charge < -0.3 is 34.6 Å². The molecule has 1 fully saturated rings. The lowest BCUT2D eigenvalue weighted by Gasteiger charge is -2.26. The molecule has 2 aliphatic heterocycles. The van der Waals surface area contributed by atoms with Gasteiger partial charge in [0, 0.05) is 12.1 Å². The molecule has 0 amide bonds. The van der Waals surface area contributed by atoms with Crippen molar-refractivity contribution in [3.63, 3.8) is 0 Å². The number of hydrogen-bond acceptors (Lipinski definition) is 8. The van der Waals surface area contributed by atoms with Gasteiger partial charge in [-0.1, -0.05) is 6.07 Å². The molecule has 8 nitrogen and oxygen atoms in total. The van der Waals surface area contributed by atoms with Crippen molar-refractivity contribution in [2.45, 2.75) is 18.5 Å². The number of phenols is 3. The monoisotopic (exact) mass is 346 g/mol. The van der Waals surface area contributed by atoms with E-state index in [1.807, 2.05) is 0 Å². The minimum atomic E-state index is -1.72. The third-order valence-electron chi connectivity index (χ3n) is 4.01. The fourth-order valence-corrected chi connectivity index (χ4v) is 2.71. The zero-order valence-corrected chi connectivity index (χ0v) is 12.8. The van der Waals surface area contributed by atoms with E-state index >= 15 is 0 Å². The highest BCUT2D eigenvalue weighted by Crippen LogP contribution is 2.43. The summed E-state index contributed by atoms with van der Waals surface area (Å²) in [7, 11) is 0. The van der Waals surface area contributed by atoms with Gasteiger partial charge in [-0.15, -0.1) is 0 Å². The molecule has 2 atom stereocenters. The van der Waals surface area contributed by atoms with Crippen molar-refractivity contribution >= 4 is 5.78 Å². The Bertz CT molecular complexity index is 871. The number of fused-ring (bicyclic) bond motifs is 1. The van der Waals surface area contributed by atoms with Crippen molar-refractivity contribution in [3.8, 4) is 28.7 Å². The molecule has 130 valence electrons. The summed E-state index contributed by atoms with van der Waals surface area (Å²) in [4.78, 5) is 12.4. The molecule has 0 spiro atoms. The van der Waals surface area contributed by atoms with Gasteiger partial charge in [0.1, 0.15) is 35.5 Å². The van der Waals surface area contributed by atoms with E-state index < -0.39 is 12.1 Å². The van der Waals surface area contributed by atoms with E-state index in [-0.39, 0.29) is 53.1 Å². The van der Waals surface area contributed by atoms with Gasteiger partial charge in [0.25, 0.3) is 0 Å². The second kappa shape index (κ2) is 5.27. The number of phenolic OH excluding ortho intramolecular Hbond substituents is 3. The molecule has 0 saturated carbocycles. The summed E-state index contributed by atoms with van der Waals surface area (Å²) in [6, 6.07) is 6.70. The molecule has 0 bridgehead atoms. The molecule has 2 aliphatic rings. The van der Waals surface area contributed by atoms with Crippen molar-refractivity contribution in [2.24, 2.45) is 0 Å². The first-order valence-electron chi connectivity index (χ1n) is 7.49. The van der Waals surface area contributed by atoms with Crippen LogP contribution >= 0.6 is 0 Å². The number of rotatable bonds is 3. The number of carbonyl (C=O) groups is 1. The summed E-state index contributed by atoms with van der Waals surface area (Å²) in [5.41, 5.74) is 0.513. The van der Waals surface area contributed by atoms with E-state index in [1.165, 1.54) is 30.3 Å². The molecule has 8 heteroatoms. The summed E-state index contributed by atoms with van der Waals surface area (Å²) in [5.74, 6) is -2.82. The smallest absolute Gasteiger partial charge is 0.350 e. The second-order valence-electron chi connectivity index (χ2n) is 5.90. The Labute approximate surface area is 141 Å². The van der Waals surface area contributed by atoms with Gasteiger partial charge in [-0.05, 0) is 17.7 Å². The van der Waals surface area contributed by atoms with Crippen molar-refractivity contribution in [2.75, 3.05) is 6.61 Å². The molecule has 0 aliphatic carbocycles. The quantitative estimate of drug-likeness (QED) is 0.374. The predicted octanol–water partition coefficient (Wildman–Crippen LogP) is 1.57. The predicted molar refractivity (Wildman–Crippen MR) is 81.7 cm³/mol. The van der Waals surface area contributed by atoms with Crippen molar-refractivity contribution in [1.29, 1.82) is 0 Å². The van der Waals surface area contributed by atoms with Crippen molar-refractivity contribution in [3.05, 3.63) is 41.5 Å². The molecule has 25 heavy (non-hydrogen) atoms. The second-order valence-corrected chi connectivity index (χ2v) is 5.90. The number of benzene rings is 2. The summed E-state index contributed by atoms with van der Waals surface area (Å²) in [6.45, 7) is 0.0000443. The van der Waals surface area contributed by atoms with Crippen LogP contribution in [0.15, 0.2) is 30.3 Å². The first-order chi connectivity index (χ1) is 11.8. The van der Waals surface area contributed by atoms with Gasteiger partial charge in [0.2, 0.25) is 0 Å². The van der Waals surface area contributed by atoms with Crippen molar-refractivity contribution in [1.82, 2.24) is 0 Å². The van der Waals surface area contributed by atoms with Crippen LogP contribution in [0, 0.1) is 0 Å². The molecule has 0 aromatic heterocycles. The maximum atomic E-state index is 12.4. The van der Waals surface area contributed by atoms with Gasteiger partial charge in [0.05, 0.1) is 6.42 Å². The molecule has 2 aromatic carbocycles. The molecular weight excluding hydrogens is 332 g/mol. The third kappa shape index (κ3) is 2.81. The standard InChI is InChI=1S/C17H14O8/c18-10-2-1-8(3-11(10)19)14-6-13(21)16-12(20)4-9(5-15(16)24-14)25-17(22)7-23-17/h1-5,14,18-20,22H,6-7H2/t14-,17-/m0/s1. The summed E-state index contributed by atoms with van der Waals surface area (Å²) < 4.78 is 15.7. The van der Waals surface area contributed by atoms with Gasteiger partial charge in [-0.3, -0.25) is 4.79 Å². The normalized spacial score (nSPS) is 24.4. The number of ketones is 1. The zero-order chi connectivity index (χ0) is 17.8. The van der Waals surface area contributed by atoms with Crippen LogP contribution in [0.2, 0.25) is 0 Å². The average molecular weight is 346 g/mol. The fourth-order valence-electron chi connectivity index (χ4n) is 2.71. The van der Waals surface area contributed by atoms with E-state index in [0.717, 1.165) is 0 Å². The Balaban J connectivity index is 1.68. The molecule has 0 radical (unpaired) electrons. The third-order valence-corrected chi connectivity index (χ3v) is 4.01. The van der Waals surface area contributed by atoms with E-state index in [2.05, 4.69) is 0 Å². The number of hydrogen-bond donors (Lipinski definition) is 4. The van der Waals surface area contributed by atoms with E-state index in [1.54, 1.807) is 0 Å². The lowest BCUT2D eigenvalue weighted by molar-refractivity contribution is -0.127. The Morgan fingerprint density at radius 1 is 1.08 bits per heavy atom. The largest absolute Gasteiger partial charge is 0.507 e.